The van der Waals surface area contributed by atoms with Gasteiger partial charge in [0.05, 0.1) is 13.2 Å². The number of aliphatic hydroxyl groups is 1. The first-order chi connectivity index (χ1) is 9.17. The highest BCUT2D eigenvalue weighted by Crippen LogP contribution is 2.07. The largest absolute Gasteiger partial charge is 0.395 e. The molecule has 7 nitrogen and oxygen atoms in total. The van der Waals surface area contributed by atoms with E-state index in [1.54, 1.807) is 4.90 Å². The van der Waals surface area contributed by atoms with Gasteiger partial charge in [-0.1, -0.05) is 0 Å². The third-order valence-electron chi connectivity index (χ3n) is 2.64. The van der Waals surface area contributed by atoms with Gasteiger partial charge in [-0.25, -0.2) is 0 Å². The number of nitrogens with one attached hydrogen (secondary N) is 1. The summed E-state index contributed by atoms with van der Waals surface area (Å²) < 4.78 is 1.83. The zero-order chi connectivity index (χ0) is 14.1. The molecule has 0 saturated heterocycles. The second-order valence-electron chi connectivity index (χ2n) is 4.51. The lowest BCUT2D eigenvalue weighted by Gasteiger charge is -2.14. The van der Waals surface area contributed by atoms with Crippen molar-refractivity contribution in [2.75, 3.05) is 51.8 Å². The molecule has 1 rings (SSSR count). The van der Waals surface area contributed by atoms with Crippen LogP contribution in [0.2, 0.25) is 0 Å². The van der Waals surface area contributed by atoms with Gasteiger partial charge < -0.3 is 15.3 Å². The lowest BCUT2D eigenvalue weighted by molar-refractivity contribution is -0.107. The van der Waals surface area contributed by atoms with E-state index in [1.165, 1.54) is 0 Å². The van der Waals surface area contributed by atoms with E-state index in [-0.39, 0.29) is 6.61 Å². The number of amides is 1. The Morgan fingerprint density at radius 2 is 2.21 bits per heavy atom. The molecule has 19 heavy (non-hydrogen) atoms. The number of nitrogens with zero attached hydrogens (tertiary/aromatic N) is 4. The minimum absolute atomic E-state index is 0.0975. The van der Waals surface area contributed by atoms with Gasteiger partial charge in [0.25, 0.3) is 0 Å². The molecule has 0 aromatic carbocycles. The molecular weight excluding hydrogens is 246 g/mol. The van der Waals surface area contributed by atoms with Gasteiger partial charge in [-0.05, 0) is 14.1 Å². The smallest absolute Gasteiger partial charge is 0.215 e. The Balaban J connectivity index is 2.44. The third-order valence-corrected chi connectivity index (χ3v) is 2.64. The minimum Gasteiger partial charge on any atom is -0.395 e. The molecule has 0 atom stereocenters. The van der Waals surface area contributed by atoms with Crippen LogP contribution in [0.3, 0.4) is 0 Å². The van der Waals surface area contributed by atoms with E-state index in [0.29, 0.717) is 25.5 Å². The van der Waals surface area contributed by atoms with Crippen molar-refractivity contribution in [1.29, 1.82) is 0 Å². The molecule has 1 amide bonds. The monoisotopic (exact) mass is 269 g/mol. The molecule has 0 aliphatic carbocycles. The summed E-state index contributed by atoms with van der Waals surface area (Å²) in [6, 6.07) is 1.83. The first-order valence-electron chi connectivity index (χ1n) is 6.39. The molecule has 0 spiro atoms. The molecule has 108 valence electrons. The first-order valence-corrected chi connectivity index (χ1v) is 6.39. The van der Waals surface area contributed by atoms with Crippen molar-refractivity contribution in [1.82, 2.24) is 20.0 Å². The summed E-state index contributed by atoms with van der Waals surface area (Å²) in [6.07, 6.45) is 2.65. The number of rotatable bonds is 10. The highest BCUT2D eigenvalue weighted by atomic mass is 16.3. The molecule has 0 radical (unpaired) electrons. The Morgan fingerprint density at radius 3 is 2.84 bits per heavy atom. The molecule has 1 aromatic heterocycles. The number of anilines is 1. The summed E-state index contributed by atoms with van der Waals surface area (Å²) in [6.45, 7) is 3.49. The van der Waals surface area contributed by atoms with E-state index in [2.05, 4.69) is 15.3 Å². The van der Waals surface area contributed by atoms with Gasteiger partial charge in [-0.15, -0.1) is 0 Å². The van der Waals surface area contributed by atoms with Crippen molar-refractivity contribution in [2.24, 2.45) is 0 Å². The second kappa shape index (κ2) is 8.63. The average molecular weight is 269 g/mol. The quantitative estimate of drug-likeness (QED) is 0.420. The normalized spacial score (nSPS) is 10.9. The number of aliphatic hydroxyl groups excluding tert-OH is 1. The van der Waals surface area contributed by atoms with Crippen LogP contribution in [0, 0.1) is 0 Å². The third kappa shape index (κ3) is 5.82. The number of carbonyl (C=O) groups excluding carboxylic acids is 1. The molecule has 0 bridgehead atoms. The van der Waals surface area contributed by atoms with Crippen LogP contribution >= 0.6 is 0 Å². The van der Waals surface area contributed by atoms with Crippen molar-refractivity contribution < 1.29 is 9.90 Å². The number of hydrogen-bond acceptors (Lipinski definition) is 5. The van der Waals surface area contributed by atoms with Gasteiger partial charge in [-0.3, -0.25) is 14.4 Å². The summed E-state index contributed by atoms with van der Waals surface area (Å²) in [4.78, 5) is 14.7. The Labute approximate surface area is 113 Å². The summed E-state index contributed by atoms with van der Waals surface area (Å²) in [5.41, 5.74) is 0. The van der Waals surface area contributed by atoms with Crippen LogP contribution in [0.1, 0.15) is 0 Å². The fraction of sp³-hybridized carbons (Fsp3) is 0.667. The van der Waals surface area contributed by atoms with Crippen LogP contribution in [-0.4, -0.2) is 73.1 Å². The maximum Gasteiger partial charge on any atom is 0.215 e. The number of likely N-dealkylation sites (N-methyl/N-ethyl adjacent to an activating group) is 1. The van der Waals surface area contributed by atoms with Gasteiger partial charge in [0.15, 0.2) is 5.82 Å². The van der Waals surface area contributed by atoms with Crippen LogP contribution in [-0.2, 0) is 11.3 Å². The van der Waals surface area contributed by atoms with Crippen molar-refractivity contribution in [3.05, 3.63) is 12.3 Å². The zero-order valence-corrected chi connectivity index (χ0v) is 11.6. The van der Waals surface area contributed by atoms with Crippen molar-refractivity contribution in [3.63, 3.8) is 0 Å². The predicted molar refractivity (Wildman–Crippen MR) is 74.1 cm³/mol. The van der Waals surface area contributed by atoms with Gasteiger partial charge in [0, 0.05) is 38.4 Å². The van der Waals surface area contributed by atoms with Gasteiger partial charge in [-0.2, -0.15) is 5.10 Å². The Kier molecular flexibility index (Phi) is 7.09. The summed E-state index contributed by atoms with van der Waals surface area (Å²) >= 11 is 0. The van der Waals surface area contributed by atoms with Crippen LogP contribution < -0.4 is 10.2 Å². The van der Waals surface area contributed by atoms with E-state index in [4.69, 9.17) is 5.11 Å². The molecule has 7 heteroatoms. The summed E-state index contributed by atoms with van der Waals surface area (Å²) in [5, 5.41) is 16.0. The maximum atomic E-state index is 11.0. The van der Waals surface area contributed by atoms with Crippen molar-refractivity contribution >= 4 is 12.2 Å². The highest BCUT2D eigenvalue weighted by molar-refractivity contribution is 5.72. The molecule has 1 heterocycles. The zero-order valence-electron chi connectivity index (χ0n) is 11.6. The highest BCUT2D eigenvalue weighted by Gasteiger charge is 2.08. The van der Waals surface area contributed by atoms with Crippen LogP contribution in [0.25, 0.3) is 0 Å². The molecule has 1 aromatic rings. The van der Waals surface area contributed by atoms with Gasteiger partial charge >= 0.3 is 0 Å². The maximum absolute atomic E-state index is 11.0. The number of hydrogen-bond donors (Lipinski definition) is 2. The Bertz CT molecular complexity index is 367. The molecule has 2 N–H and O–H groups in total. The Hall–Kier alpha value is -1.44. The van der Waals surface area contributed by atoms with Crippen molar-refractivity contribution in [3.8, 4) is 0 Å². The van der Waals surface area contributed by atoms with E-state index in [0.717, 1.165) is 19.5 Å². The van der Waals surface area contributed by atoms with E-state index < -0.39 is 0 Å². The average Bonchev–Trinajstić information content (AvgIpc) is 2.85. The molecule has 0 aliphatic heterocycles. The van der Waals surface area contributed by atoms with Crippen LogP contribution in [0.5, 0.6) is 0 Å². The molecule has 0 unspecified atom stereocenters. The van der Waals surface area contributed by atoms with E-state index in [1.807, 2.05) is 31.0 Å². The second-order valence-corrected chi connectivity index (χ2v) is 4.51. The van der Waals surface area contributed by atoms with Crippen molar-refractivity contribution in [2.45, 2.75) is 6.54 Å². The summed E-state index contributed by atoms with van der Waals surface area (Å²) in [7, 11) is 4.02. The molecule has 0 aliphatic rings. The van der Waals surface area contributed by atoms with Crippen LogP contribution in [0.15, 0.2) is 12.3 Å². The standard InChI is InChI=1S/C12H23N5O2/c1-15(2)8-9-17-6-3-12(14-17)16(11-19)7-4-13-5-10-18/h3,6,11,13,18H,4-5,7-10H2,1-2H3. The van der Waals surface area contributed by atoms with E-state index in [9.17, 15) is 4.79 Å². The lowest BCUT2D eigenvalue weighted by atomic mass is 10.5. The molecule has 0 fully saturated rings. The fourth-order valence-corrected chi connectivity index (χ4v) is 1.56. The van der Waals surface area contributed by atoms with Crippen LogP contribution in [0.4, 0.5) is 5.82 Å². The predicted octanol–water partition coefficient (Wildman–Crippen LogP) is -1.01. The number of aromatic nitrogens is 2. The summed E-state index contributed by atoms with van der Waals surface area (Å²) in [5.74, 6) is 0.652. The van der Waals surface area contributed by atoms with Gasteiger partial charge in [0.2, 0.25) is 6.41 Å². The lowest BCUT2D eigenvalue weighted by Crippen LogP contribution is -2.32. The fourth-order valence-electron chi connectivity index (χ4n) is 1.56. The SMILES string of the molecule is CN(C)CCn1ccc(N(C=O)CCNCCO)n1. The topological polar surface area (TPSA) is 73.6 Å². The molecule has 0 saturated carbocycles. The number of carbonyl (C=O) groups is 1. The van der Waals surface area contributed by atoms with E-state index >= 15 is 0 Å². The first kappa shape index (κ1) is 15.6. The molecular formula is C12H23N5O2. The minimum atomic E-state index is 0.0975. The van der Waals surface area contributed by atoms with Gasteiger partial charge in [0.1, 0.15) is 0 Å². The Morgan fingerprint density at radius 1 is 1.42 bits per heavy atom.